The zero-order chi connectivity index (χ0) is 53.3. The molecule has 16 aliphatic rings. The second-order valence-electron chi connectivity index (χ2n) is 27.1. The number of rotatable bonds is 2. The molecule has 16 saturated heterocycles. The number of hydrogen-bond acceptors (Lipinski definition) is 18. The van der Waals surface area contributed by atoms with Crippen LogP contribution in [0.5, 0.6) is 0 Å². The fourth-order valence-electron chi connectivity index (χ4n) is 18.0. The summed E-state index contributed by atoms with van der Waals surface area (Å²) in [5, 5.41) is 20.4. The first-order chi connectivity index (χ1) is 37.4. The van der Waals surface area contributed by atoms with Crippen LogP contribution in [0, 0.1) is 23.7 Å². The van der Waals surface area contributed by atoms with Gasteiger partial charge in [0, 0.05) is 63.7 Å². The van der Waals surface area contributed by atoms with E-state index in [0.29, 0.717) is 64.2 Å². The number of ether oxygens (including phenoxy) is 15. The second kappa shape index (κ2) is 19.4. The summed E-state index contributed by atoms with van der Waals surface area (Å²) in [7, 11) is 0. The molecule has 3 spiro atoms. The maximum Gasteiger partial charge on any atom is 0.308 e. The van der Waals surface area contributed by atoms with Gasteiger partial charge in [-0.2, -0.15) is 0 Å². The van der Waals surface area contributed by atoms with Gasteiger partial charge in [-0.3, -0.25) is 9.59 Å². The highest BCUT2D eigenvalue weighted by molar-refractivity contribution is 5.70. The van der Waals surface area contributed by atoms with Crippen LogP contribution < -0.4 is 0 Å². The quantitative estimate of drug-likeness (QED) is 0.252. The van der Waals surface area contributed by atoms with Crippen LogP contribution in [0.2, 0.25) is 0 Å². The Hall–Kier alpha value is -2.18. The molecule has 0 aromatic carbocycles. The van der Waals surface area contributed by atoms with Gasteiger partial charge in [-0.1, -0.05) is 40.9 Å². The summed E-state index contributed by atoms with van der Waals surface area (Å²) in [5.41, 5.74) is 2.14. The van der Waals surface area contributed by atoms with Gasteiger partial charge in [0.15, 0.2) is 17.4 Å². The van der Waals surface area contributed by atoms with Gasteiger partial charge in [-0.05, 0) is 73.8 Å². The first-order valence-corrected chi connectivity index (χ1v) is 30.2. The number of carbonyl (C=O) groups excluding carboxylic acids is 1. The third-order valence-corrected chi connectivity index (χ3v) is 21.6. The Bertz CT molecular complexity index is 2370. The minimum atomic E-state index is -1.00. The van der Waals surface area contributed by atoms with Crippen molar-refractivity contribution >= 4 is 11.9 Å². The highest BCUT2D eigenvalue weighted by Gasteiger charge is 2.70. The van der Waals surface area contributed by atoms with Crippen molar-refractivity contribution in [2.45, 2.75) is 307 Å². The highest BCUT2D eigenvalue weighted by Crippen LogP contribution is 2.58. The van der Waals surface area contributed by atoms with Crippen LogP contribution in [0.3, 0.4) is 0 Å². The van der Waals surface area contributed by atoms with E-state index in [4.69, 9.17) is 71.1 Å². The molecule has 78 heavy (non-hydrogen) atoms. The van der Waals surface area contributed by atoms with Gasteiger partial charge < -0.3 is 81.3 Å². The maximum absolute atomic E-state index is 14.6. The minimum Gasteiger partial charge on any atom is -0.481 e. The number of aliphatic carboxylic acids is 1. The highest BCUT2D eigenvalue weighted by atomic mass is 16.8. The zero-order valence-electron chi connectivity index (χ0n) is 45.6. The summed E-state index contributed by atoms with van der Waals surface area (Å²) in [6, 6.07) is 0. The Labute approximate surface area is 456 Å². The van der Waals surface area contributed by atoms with Crippen molar-refractivity contribution < 1.29 is 90.9 Å². The van der Waals surface area contributed by atoms with Crippen molar-refractivity contribution in [1.82, 2.24) is 0 Å². The van der Waals surface area contributed by atoms with Gasteiger partial charge >= 0.3 is 11.9 Å². The van der Waals surface area contributed by atoms with Crippen LogP contribution in [-0.2, 0) is 80.6 Å². The van der Waals surface area contributed by atoms with E-state index in [1.165, 1.54) is 0 Å². The summed E-state index contributed by atoms with van der Waals surface area (Å²) < 4.78 is 103. The predicted octanol–water partition coefficient (Wildman–Crippen LogP) is 5.66. The van der Waals surface area contributed by atoms with E-state index in [1.54, 1.807) is 0 Å². The molecule has 16 heterocycles. The van der Waals surface area contributed by atoms with E-state index in [9.17, 15) is 19.8 Å². The lowest BCUT2D eigenvalue weighted by Crippen LogP contribution is -2.62. The lowest BCUT2D eigenvalue weighted by molar-refractivity contribution is -0.371. The standard InChI is InChI=1S/C59H82O19/c1-25-13-31-7-9-35-26(2)14-33(64-35)11-12-57-23-44-53(77-57)54-55(71-44)56(78-57)52-36(68-54)10-8-32(66-52)15-47(63)72-51-30(6)50-41(67-40(51)17-37(65-31)29(25)5)18-39-43(70-50)22-59(73-39)24-45-49(76-59)28(4)21-58(75-45)20-27(3)48-42(74-58)16-34(60)38(69-48)19-46(61)62/h25,27-28,30-45,48-56,60H,2,5,7-24H2,1,3-4,6H3,(H,61,62)/t25-,27+,28+,30+,31+,32-,33+,34-,35+,36+,37-,38-,39-,40+,41+,42+,43-,44-,45+,48+,49+,50+,51-,52+,53+,54+,55+,56+,57+,58-,59+/m1/s1. The molecule has 0 aromatic rings. The number of aliphatic hydroxyl groups excluding tert-OH is 1. The summed E-state index contributed by atoms with van der Waals surface area (Å²) in [4.78, 5) is 26.1. The Morgan fingerprint density at radius 2 is 1.18 bits per heavy atom. The van der Waals surface area contributed by atoms with Crippen molar-refractivity contribution in [2.75, 3.05) is 0 Å². The molecule has 432 valence electrons. The molecule has 0 amide bonds. The first kappa shape index (κ1) is 52.6. The number of esters is 1. The van der Waals surface area contributed by atoms with Gasteiger partial charge in [0.05, 0.1) is 123 Å². The van der Waals surface area contributed by atoms with E-state index >= 15 is 0 Å². The SMILES string of the molecule is C=C1C[C@@H]2CC[C@@]34C[C@H]5O[C@@H]6[C@@H](O3)[C@H]3O[C@H](CC[C@@H]3O[C@H]6[C@H]5O4)CC(=O)O[C@@H]3[C@@H](C)[C@@H]4O[C@@H]5C[C@]6(C[C@@H]7O[C@]8(C[C@H](C)[C@@H]9O[C@H](CC(=O)O)[C@H](O)C[C@@H]9O8)C[C@H](C)[C@@H]7O6)O[C@@H]5C[C@@H]4O[C@H]3C[C@H]3O[C@@H](CC[C@@H]1O2)C[C@@H](C)C3=C. The monoisotopic (exact) mass is 1090 g/mol. The molecule has 2 N–H and O–H groups in total. The summed E-state index contributed by atoms with van der Waals surface area (Å²) in [5.74, 6) is -3.99. The normalized spacial score (nSPS) is 58.0. The van der Waals surface area contributed by atoms with Gasteiger partial charge in [0.25, 0.3) is 0 Å². The maximum atomic E-state index is 14.6. The molecule has 0 radical (unpaired) electrons. The third kappa shape index (κ3) is 8.98. The topological polar surface area (TPSA) is 213 Å². The average molecular weight is 1100 g/mol. The minimum absolute atomic E-state index is 0.00942. The van der Waals surface area contributed by atoms with Gasteiger partial charge in [-0.25, -0.2) is 0 Å². The van der Waals surface area contributed by atoms with Crippen molar-refractivity contribution in [1.29, 1.82) is 0 Å². The number of aliphatic hydroxyl groups is 1. The van der Waals surface area contributed by atoms with Crippen molar-refractivity contribution in [2.24, 2.45) is 23.7 Å². The molecule has 19 heteroatoms. The fraction of sp³-hybridized carbons (Fsp3) is 0.898. The molecule has 19 nitrogen and oxygen atoms in total. The fourth-order valence-corrected chi connectivity index (χ4v) is 18.0. The zero-order valence-corrected chi connectivity index (χ0v) is 45.6. The predicted molar refractivity (Wildman–Crippen MR) is 268 cm³/mol. The van der Waals surface area contributed by atoms with Crippen molar-refractivity contribution in [3.63, 3.8) is 0 Å². The van der Waals surface area contributed by atoms with E-state index < -0.39 is 72.2 Å². The Morgan fingerprint density at radius 1 is 0.513 bits per heavy atom. The Kier molecular flexibility index (Phi) is 13.1. The van der Waals surface area contributed by atoms with Crippen molar-refractivity contribution in [3.05, 3.63) is 24.3 Å². The molecule has 0 saturated carbocycles. The molecule has 16 aliphatic heterocycles. The summed E-state index contributed by atoms with van der Waals surface area (Å²) in [6.07, 6.45) is 1.76. The number of carboxylic acids is 1. The van der Waals surface area contributed by atoms with Crippen LogP contribution in [0.25, 0.3) is 0 Å². The molecule has 31 atom stereocenters. The number of hydrogen-bond donors (Lipinski definition) is 2. The second-order valence-corrected chi connectivity index (χ2v) is 27.1. The number of carbonyl (C=O) groups is 2. The van der Waals surface area contributed by atoms with Gasteiger partial charge in [-0.15, -0.1) is 0 Å². The van der Waals surface area contributed by atoms with E-state index in [1.807, 2.05) is 0 Å². The third-order valence-electron chi connectivity index (χ3n) is 21.6. The molecule has 0 aliphatic carbocycles. The Balaban J connectivity index is 0.661. The van der Waals surface area contributed by atoms with Crippen LogP contribution in [0.15, 0.2) is 24.3 Å². The van der Waals surface area contributed by atoms with E-state index in [2.05, 4.69) is 40.9 Å². The molecule has 0 unspecified atom stereocenters. The smallest absolute Gasteiger partial charge is 0.308 e. The van der Waals surface area contributed by atoms with Crippen LogP contribution in [-0.4, -0.2) is 186 Å². The number of fused-ring (bicyclic) bond motifs is 10. The van der Waals surface area contributed by atoms with Gasteiger partial charge in [0.1, 0.15) is 36.6 Å². The molecule has 16 fully saturated rings. The molecule has 0 aromatic heterocycles. The van der Waals surface area contributed by atoms with Crippen LogP contribution in [0.1, 0.15) is 143 Å². The lowest BCUT2D eigenvalue weighted by atomic mass is 9.78. The lowest BCUT2D eigenvalue weighted by Gasteiger charge is -2.54. The number of carboxylic acid groups (broad SMARTS) is 1. The van der Waals surface area contributed by atoms with Crippen LogP contribution >= 0.6 is 0 Å². The molecule has 16 rings (SSSR count). The summed E-state index contributed by atoms with van der Waals surface area (Å²) in [6.45, 7) is 17.7. The first-order valence-electron chi connectivity index (χ1n) is 30.2. The van der Waals surface area contributed by atoms with Gasteiger partial charge in [0.2, 0.25) is 0 Å². The average Bonchev–Trinajstić information content (AvgIpc) is 4.05. The Morgan fingerprint density at radius 3 is 2.03 bits per heavy atom. The molecular formula is C59H82O19. The van der Waals surface area contributed by atoms with E-state index in [0.717, 1.165) is 43.3 Å². The molecular weight excluding hydrogens is 1010 g/mol. The van der Waals surface area contributed by atoms with Crippen LogP contribution in [0.4, 0.5) is 0 Å². The van der Waals surface area contributed by atoms with E-state index in [-0.39, 0.29) is 147 Å². The largest absolute Gasteiger partial charge is 0.481 e. The molecule has 12 bridgehead atoms. The van der Waals surface area contributed by atoms with Crippen molar-refractivity contribution in [3.8, 4) is 0 Å². The summed E-state index contributed by atoms with van der Waals surface area (Å²) >= 11 is 0.